The second-order valence-corrected chi connectivity index (χ2v) is 5.26. The highest BCUT2D eigenvalue weighted by atomic mass is 35.5. The molecular formula is C14H20ClNO. The van der Waals surface area contributed by atoms with Gasteiger partial charge in [-0.3, -0.25) is 0 Å². The smallest absolute Gasteiger partial charge is 0.0588 e. The summed E-state index contributed by atoms with van der Waals surface area (Å²) in [5.41, 5.74) is 1.54. The Kier molecular flexibility index (Phi) is 4.08. The van der Waals surface area contributed by atoms with E-state index in [1.807, 2.05) is 19.2 Å². The zero-order chi connectivity index (χ0) is 12.3. The van der Waals surface area contributed by atoms with E-state index in [-0.39, 0.29) is 5.41 Å². The van der Waals surface area contributed by atoms with Gasteiger partial charge < -0.3 is 10.1 Å². The molecule has 0 amide bonds. The lowest BCUT2D eigenvalue weighted by Crippen LogP contribution is -2.54. The first-order valence-electron chi connectivity index (χ1n) is 6.21. The molecule has 0 radical (unpaired) electrons. The maximum absolute atomic E-state index is 5.95. The molecule has 1 aliphatic rings. The Morgan fingerprint density at radius 3 is 2.41 bits per heavy atom. The van der Waals surface area contributed by atoms with E-state index < -0.39 is 0 Å². The third-order valence-electron chi connectivity index (χ3n) is 3.86. The third kappa shape index (κ3) is 2.35. The summed E-state index contributed by atoms with van der Waals surface area (Å²) in [7, 11) is 2.01. The second-order valence-electron chi connectivity index (χ2n) is 4.82. The molecule has 1 heterocycles. The highest BCUT2D eigenvalue weighted by Gasteiger charge is 2.45. The standard InChI is InChI=1S/C14H20ClNO/c1-3-11(8-16-2)14(9-17-10-14)12-4-6-13(15)7-5-12/h4-7,11,16H,3,8-10H2,1-2H3. The van der Waals surface area contributed by atoms with E-state index in [1.165, 1.54) is 5.56 Å². The van der Waals surface area contributed by atoms with Crippen molar-refractivity contribution in [2.24, 2.45) is 5.92 Å². The normalized spacial score (nSPS) is 19.7. The van der Waals surface area contributed by atoms with Gasteiger partial charge in [-0.05, 0) is 37.2 Å². The van der Waals surface area contributed by atoms with Crippen molar-refractivity contribution >= 4 is 11.6 Å². The molecule has 1 unspecified atom stereocenters. The van der Waals surface area contributed by atoms with Crippen molar-refractivity contribution < 1.29 is 4.74 Å². The van der Waals surface area contributed by atoms with E-state index in [9.17, 15) is 0 Å². The second kappa shape index (κ2) is 5.38. The first kappa shape index (κ1) is 12.9. The molecule has 17 heavy (non-hydrogen) atoms. The highest BCUT2D eigenvalue weighted by molar-refractivity contribution is 6.30. The average molecular weight is 254 g/mol. The molecule has 1 atom stereocenters. The van der Waals surface area contributed by atoms with E-state index in [0.29, 0.717) is 5.92 Å². The van der Waals surface area contributed by atoms with Crippen LogP contribution in [0.2, 0.25) is 5.02 Å². The Morgan fingerprint density at radius 2 is 2.00 bits per heavy atom. The summed E-state index contributed by atoms with van der Waals surface area (Å²) in [4.78, 5) is 0. The molecule has 2 rings (SSSR count). The van der Waals surface area contributed by atoms with Gasteiger partial charge in [0.15, 0.2) is 0 Å². The van der Waals surface area contributed by atoms with E-state index in [0.717, 1.165) is 31.2 Å². The molecule has 1 N–H and O–H groups in total. The summed E-state index contributed by atoms with van der Waals surface area (Å²) in [5.74, 6) is 0.613. The predicted molar refractivity (Wildman–Crippen MR) is 71.7 cm³/mol. The molecule has 0 spiro atoms. The summed E-state index contributed by atoms with van der Waals surface area (Å²) in [5, 5.41) is 4.09. The predicted octanol–water partition coefficient (Wildman–Crippen LogP) is 2.85. The minimum Gasteiger partial charge on any atom is -0.379 e. The van der Waals surface area contributed by atoms with Crippen molar-refractivity contribution in [2.45, 2.75) is 18.8 Å². The Balaban J connectivity index is 2.26. The molecular weight excluding hydrogens is 234 g/mol. The third-order valence-corrected chi connectivity index (χ3v) is 4.12. The molecule has 1 aliphatic heterocycles. The number of hydrogen-bond acceptors (Lipinski definition) is 2. The van der Waals surface area contributed by atoms with Gasteiger partial charge in [0.25, 0.3) is 0 Å². The average Bonchev–Trinajstić information content (AvgIpc) is 2.29. The summed E-state index contributed by atoms with van der Waals surface area (Å²) in [6.07, 6.45) is 1.16. The largest absolute Gasteiger partial charge is 0.379 e. The molecule has 94 valence electrons. The molecule has 0 aliphatic carbocycles. The van der Waals surface area contributed by atoms with Gasteiger partial charge in [0.05, 0.1) is 13.2 Å². The number of nitrogens with one attached hydrogen (secondary N) is 1. The number of rotatable bonds is 5. The monoisotopic (exact) mass is 253 g/mol. The van der Waals surface area contributed by atoms with Gasteiger partial charge in [-0.1, -0.05) is 37.1 Å². The van der Waals surface area contributed by atoms with Crippen LogP contribution in [-0.2, 0) is 10.2 Å². The van der Waals surface area contributed by atoms with Crippen LogP contribution in [0.15, 0.2) is 24.3 Å². The van der Waals surface area contributed by atoms with Crippen LogP contribution in [0.5, 0.6) is 0 Å². The zero-order valence-electron chi connectivity index (χ0n) is 10.5. The Labute approximate surface area is 108 Å². The van der Waals surface area contributed by atoms with Crippen molar-refractivity contribution in [3.63, 3.8) is 0 Å². The molecule has 0 bridgehead atoms. The lowest BCUT2D eigenvalue weighted by molar-refractivity contribution is -0.0909. The summed E-state index contributed by atoms with van der Waals surface area (Å²) in [6, 6.07) is 8.23. The van der Waals surface area contributed by atoms with Crippen LogP contribution in [0.1, 0.15) is 18.9 Å². The lowest BCUT2D eigenvalue weighted by atomic mass is 9.67. The van der Waals surface area contributed by atoms with Crippen LogP contribution in [-0.4, -0.2) is 26.8 Å². The van der Waals surface area contributed by atoms with Crippen LogP contribution in [0, 0.1) is 5.92 Å². The lowest BCUT2D eigenvalue weighted by Gasteiger charge is -2.47. The molecule has 1 aromatic carbocycles. The number of ether oxygens (including phenoxy) is 1. The van der Waals surface area contributed by atoms with E-state index >= 15 is 0 Å². The van der Waals surface area contributed by atoms with Gasteiger partial charge >= 0.3 is 0 Å². The SMILES string of the molecule is CCC(CNC)C1(c2ccc(Cl)cc2)COC1. The first-order valence-corrected chi connectivity index (χ1v) is 6.59. The molecule has 1 saturated heterocycles. The van der Waals surface area contributed by atoms with Gasteiger partial charge in [-0.25, -0.2) is 0 Å². The quantitative estimate of drug-likeness (QED) is 0.871. The van der Waals surface area contributed by atoms with Gasteiger partial charge in [-0.15, -0.1) is 0 Å². The van der Waals surface area contributed by atoms with Crippen LogP contribution >= 0.6 is 11.6 Å². The van der Waals surface area contributed by atoms with Gasteiger partial charge in [0, 0.05) is 10.4 Å². The van der Waals surface area contributed by atoms with Crippen molar-refractivity contribution in [2.75, 3.05) is 26.8 Å². The van der Waals surface area contributed by atoms with Crippen LogP contribution in [0.3, 0.4) is 0 Å². The number of hydrogen-bond donors (Lipinski definition) is 1. The van der Waals surface area contributed by atoms with Crippen LogP contribution < -0.4 is 5.32 Å². The maximum atomic E-state index is 5.95. The van der Waals surface area contributed by atoms with E-state index in [4.69, 9.17) is 16.3 Å². The Bertz CT molecular complexity index is 359. The fraction of sp³-hybridized carbons (Fsp3) is 0.571. The number of benzene rings is 1. The molecule has 3 heteroatoms. The summed E-state index contributed by atoms with van der Waals surface area (Å²) in [6.45, 7) is 4.93. The molecule has 0 saturated carbocycles. The van der Waals surface area contributed by atoms with E-state index in [2.05, 4.69) is 24.4 Å². The maximum Gasteiger partial charge on any atom is 0.0588 e. The van der Waals surface area contributed by atoms with Gasteiger partial charge in [0.1, 0.15) is 0 Å². The fourth-order valence-electron chi connectivity index (χ4n) is 2.72. The van der Waals surface area contributed by atoms with Crippen molar-refractivity contribution in [3.05, 3.63) is 34.9 Å². The first-order chi connectivity index (χ1) is 8.23. The minimum absolute atomic E-state index is 0.183. The van der Waals surface area contributed by atoms with E-state index in [1.54, 1.807) is 0 Å². The van der Waals surface area contributed by atoms with Crippen molar-refractivity contribution in [1.82, 2.24) is 5.32 Å². The summed E-state index contributed by atoms with van der Waals surface area (Å²) >= 11 is 5.95. The summed E-state index contributed by atoms with van der Waals surface area (Å²) < 4.78 is 5.49. The van der Waals surface area contributed by atoms with Crippen LogP contribution in [0.4, 0.5) is 0 Å². The van der Waals surface area contributed by atoms with Gasteiger partial charge in [0.2, 0.25) is 0 Å². The van der Waals surface area contributed by atoms with Crippen LogP contribution in [0.25, 0.3) is 0 Å². The zero-order valence-corrected chi connectivity index (χ0v) is 11.3. The number of halogens is 1. The topological polar surface area (TPSA) is 21.3 Å². The van der Waals surface area contributed by atoms with Crippen molar-refractivity contribution in [3.8, 4) is 0 Å². The molecule has 0 aromatic heterocycles. The fourth-order valence-corrected chi connectivity index (χ4v) is 2.84. The van der Waals surface area contributed by atoms with Crippen molar-refractivity contribution in [1.29, 1.82) is 0 Å². The highest BCUT2D eigenvalue weighted by Crippen LogP contribution is 2.41. The Morgan fingerprint density at radius 1 is 1.35 bits per heavy atom. The Hall–Kier alpha value is -0.570. The minimum atomic E-state index is 0.183. The molecule has 1 aromatic rings. The molecule has 2 nitrogen and oxygen atoms in total. The molecule has 1 fully saturated rings. The van der Waals surface area contributed by atoms with Gasteiger partial charge in [-0.2, -0.15) is 0 Å².